The van der Waals surface area contributed by atoms with Gasteiger partial charge in [0.2, 0.25) is 5.91 Å². The smallest absolute Gasteiger partial charge is 0.250 e. The van der Waals surface area contributed by atoms with Crippen molar-refractivity contribution in [3.8, 4) is 0 Å². The summed E-state index contributed by atoms with van der Waals surface area (Å²) < 4.78 is 0. The van der Waals surface area contributed by atoms with Crippen LogP contribution in [-0.4, -0.2) is 30.9 Å². The zero-order valence-corrected chi connectivity index (χ0v) is 14.7. The third-order valence-electron chi connectivity index (χ3n) is 5.41. The Labute approximate surface area is 148 Å². The molecule has 1 saturated heterocycles. The number of benzene rings is 1. The Morgan fingerprint density at radius 1 is 1.12 bits per heavy atom. The number of nitrogens with one attached hydrogen (secondary N) is 1. The van der Waals surface area contributed by atoms with Gasteiger partial charge in [-0.05, 0) is 56.2 Å². The fraction of sp³-hybridized carbons (Fsp3) is 0.579. The van der Waals surface area contributed by atoms with Gasteiger partial charge >= 0.3 is 0 Å². The number of amides is 2. The van der Waals surface area contributed by atoms with Gasteiger partial charge in [0.25, 0.3) is 5.91 Å². The van der Waals surface area contributed by atoms with Crippen LogP contribution in [0.4, 0.5) is 11.4 Å². The van der Waals surface area contributed by atoms with E-state index in [1.165, 1.54) is 6.42 Å². The second-order valence-corrected chi connectivity index (χ2v) is 7.25. The lowest BCUT2D eigenvalue weighted by Crippen LogP contribution is -2.32. The minimum Gasteiger partial charge on any atom is -0.371 e. The first kappa shape index (κ1) is 17.7. The lowest BCUT2D eigenvalue weighted by atomic mass is 10.00. The van der Waals surface area contributed by atoms with Gasteiger partial charge in [-0.2, -0.15) is 0 Å². The van der Waals surface area contributed by atoms with Crippen LogP contribution in [0.25, 0.3) is 0 Å². The van der Waals surface area contributed by atoms with Crippen LogP contribution in [0.2, 0.25) is 0 Å². The molecule has 1 aliphatic heterocycles. The zero-order chi connectivity index (χ0) is 17.8. The van der Waals surface area contributed by atoms with Crippen LogP contribution in [0.3, 0.4) is 0 Å². The SMILES string of the molecule is NC(=O)c1ccc(NC(=O)C[C@@H]2CCC[C@H]2N)cc1N1CCCCC1. The summed E-state index contributed by atoms with van der Waals surface area (Å²) in [5, 5.41) is 2.96. The van der Waals surface area contributed by atoms with Crippen molar-refractivity contribution >= 4 is 23.2 Å². The Balaban J connectivity index is 1.72. The molecular weight excluding hydrogens is 316 g/mol. The van der Waals surface area contributed by atoms with Crippen molar-refractivity contribution in [1.29, 1.82) is 0 Å². The molecule has 2 atom stereocenters. The highest BCUT2D eigenvalue weighted by Crippen LogP contribution is 2.29. The fourth-order valence-electron chi connectivity index (χ4n) is 3.98. The molecule has 6 nitrogen and oxygen atoms in total. The van der Waals surface area contributed by atoms with E-state index in [9.17, 15) is 9.59 Å². The lowest BCUT2D eigenvalue weighted by molar-refractivity contribution is -0.117. The number of carbonyl (C=O) groups excluding carboxylic acids is 2. The number of carbonyl (C=O) groups is 2. The predicted molar refractivity (Wildman–Crippen MR) is 99.6 cm³/mol. The maximum atomic E-state index is 12.3. The first-order valence-corrected chi connectivity index (χ1v) is 9.29. The molecule has 1 aliphatic carbocycles. The van der Waals surface area contributed by atoms with Gasteiger partial charge < -0.3 is 21.7 Å². The largest absolute Gasteiger partial charge is 0.371 e. The van der Waals surface area contributed by atoms with Crippen molar-refractivity contribution in [2.24, 2.45) is 17.4 Å². The third kappa shape index (κ3) is 4.31. The molecule has 25 heavy (non-hydrogen) atoms. The Morgan fingerprint density at radius 3 is 2.52 bits per heavy atom. The topological polar surface area (TPSA) is 101 Å². The van der Waals surface area contributed by atoms with E-state index in [0.29, 0.717) is 17.7 Å². The molecule has 0 aromatic heterocycles. The number of hydrogen-bond donors (Lipinski definition) is 3. The van der Waals surface area contributed by atoms with E-state index in [2.05, 4.69) is 10.2 Å². The molecule has 0 radical (unpaired) electrons. The van der Waals surface area contributed by atoms with E-state index >= 15 is 0 Å². The maximum Gasteiger partial charge on any atom is 0.250 e. The molecule has 2 fully saturated rings. The number of primary amides is 1. The number of nitrogens with two attached hydrogens (primary N) is 2. The number of piperidine rings is 1. The Bertz CT molecular complexity index is 640. The standard InChI is InChI=1S/C19H28N4O2/c20-16-6-4-5-13(16)11-18(24)22-14-7-8-15(19(21)25)17(12-14)23-9-2-1-3-10-23/h7-8,12-13,16H,1-6,9-11,20H2,(H2,21,25)(H,22,24)/t13-,16+/m0/s1. The van der Waals surface area contributed by atoms with Gasteiger partial charge in [-0.25, -0.2) is 0 Å². The van der Waals surface area contributed by atoms with Gasteiger partial charge in [0.1, 0.15) is 0 Å². The van der Waals surface area contributed by atoms with E-state index in [-0.39, 0.29) is 17.9 Å². The van der Waals surface area contributed by atoms with Gasteiger partial charge in [-0.15, -0.1) is 0 Å². The van der Waals surface area contributed by atoms with Crippen molar-refractivity contribution in [3.63, 3.8) is 0 Å². The van der Waals surface area contributed by atoms with Crippen LogP contribution < -0.4 is 21.7 Å². The molecule has 136 valence electrons. The van der Waals surface area contributed by atoms with Crippen molar-refractivity contribution < 1.29 is 9.59 Å². The average Bonchev–Trinajstić information content (AvgIpc) is 3.00. The molecule has 2 amide bonds. The van der Waals surface area contributed by atoms with Crippen LogP contribution >= 0.6 is 0 Å². The number of rotatable bonds is 5. The Kier molecular flexibility index (Phi) is 5.58. The number of nitrogens with zero attached hydrogens (tertiary/aromatic N) is 1. The van der Waals surface area contributed by atoms with Crippen LogP contribution in [0, 0.1) is 5.92 Å². The molecule has 1 saturated carbocycles. The van der Waals surface area contributed by atoms with Crippen molar-refractivity contribution in [2.45, 2.75) is 51.0 Å². The monoisotopic (exact) mass is 344 g/mol. The summed E-state index contributed by atoms with van der Waals surface area (Å²) in [6, 6.07) is 5.47. The van der Waals surface area contributed by atoms with Crippen LogP contribution in [-0.2, 0) is 4.79 Å². The first-order valence-electron chi connectivity index (χ1n) is 9.29. The van der Waals surface area contributed by atoms with Gasteiger partial charge in [-0.3, -0.25) is 9.59 Å². The Morgan fingerprint density at radius 2 is 1.88 bits per heavy atom. The van der Waals surface area contributed by atoms with E-state index in [0.717, 1.165) is 50.9 Å². The molecule has 2 aliphatic rings. The van der Waals surface area contributed by atoms with E-state index < -0.39 is 5.91 Å². The van der Waals surface area contributed by atoms with Crippen LogP contribution in [0.15, 0.2) is 18.2 Å². The summed E-state index contributed by atoms with van der Waals surface area (Å²) in [7, 11) is 0. The summed E-state index contributed by atoms with van der Waals surface area (Å²) in [4.78, 5) is 26.3. The molecular formula is C19H28N4O2. The van der Waals surface area contributed by atoms with E-state index in [1.807, 2.05) is 6.07 Å². The summed E-state index contributed by atoms with van der Waals surface area (Å²) in [6.45, 7) is 1.82. The zero-order valence-electron chi connectivity index (χ0n) is 14.7. The molecule has 5 N–H and O–H groups in total. The summed E-state index contributed by atoms with van der Waals surface area (Å²) in [5.41, 5.74) is 13.6. The van der Waals surface area contributed by atoms with Gasteiger partial charge in [0, 0.05) is 31.2 Å². The number of hydrogen-bond acceptors (Lipinski definition) is 4. The molecule has 6 heteroatoms. The molecule has 1 aromatic rings. The second kappa shape index (κ2) is 7.87. The minimum absolute atomic E-state index is 0.0150. The van der Waals surface area contributed by atoms with Crippen molar-refractivity contribution in [1.82, 2.24) is 0 Å². The Hall–Kier alpha value is -2.08. The molecule has 1 heterocycles. The molecule has 0 spiro atoms. The molecule has 3 rings (SSSR count). The van der Waals surface area contributed by atoms with Gasteiger partial charge in [-0.1, -0.05) is 6.42 Å². The van der Waals surface area contributed by atoms with Gasteiger partial charge in [0.15, 0.2) is 0 Å². The third-order valence-corrected chi connectivity index (χ3v) is 5.41. The normalized spacial score (nSPS) is 23.5. The first-order chi connectivity index (χ1) is 12.0. The van der Waals surface area contributed by atoms with Crippen LogP contribution in [0.1, 0.15) is 55.3 Å². The van der Waals surface area contributed by atoms with Gasteiger partial charge in [0.05, 0.1) is 11.3 Å². The average molecular weight is 344 g/mol. The highest BCUT2D eigenvalue weighted by atomic mass is 16.2. The van der Waals surface area contributed by atoms with Crippen molar-refractivity contribution in [3.05, 3.63) is 23.8 Å². The molecule has 0 unspecified atom stereocenters. The molecule has 0 bridgehead atoms. The summed E-state index contributed by atoms with van der Waals surface area (Å²) >= 11 is 0. The fourth-order valence-corrected chi connectivity index (χ4v) is 3.98. The predicted octanol–water partition coefficient (Wildman–Crippen LogP) is 2.23. The maximum absolute atomic E-state index is 12.3. The van der Waals surface area contributed by atoms with Crippen molar-refractivity contribution in [2.75, 3.05) is 23.3 Å². The minimum atomic E-state index is -0.435. The lowest BCUT2D eigenvalue weighted by Gasteiger charge is -2.30. The van der Waals surface area contributed by atoms with Crippen LogP contribution in [0.5, 0.6) is 0 Å². The second-order valence-electron chi connectivity index (χ2n) is 7.25. The summed E-state index contributed by atoms with van der Waals surface area (Å²) in [6.07, 6.45) is 7.01. The number of anilines is 2. The quantitative estimate of drug-likeness (QED) is 0.762. The highest BCUT2D eigenvalue weighted by molar-refractivity contribution is 6.00. The summed E-state index contributed by atoms with van der Waals surface area (Å²) in [5.74, 6) is -0.180. The highest BCUT2D eigenvalue weighted by Gasteiger charge is 2.26. The van der Waals surface area contributed by atoms with E-state index in [4.69, 9.17) is 11.5 Å². The molecule has 1 aromatic carbocycles. The van der Waals surface area contributed by atoms with E-state index in [1.54, 1.807) is 12.1 Å².